The summed E-state index contributed by atoms with van der Waals surface area (Å²) in [7, 11) is 1.64. The lowest BCUT2D eigenvalue weighted by Crippen LogP contribution is -2.32. The molecule has 0 spiro atoms. The zero-order valence-electron chi connectivity index (χ0n) is 18.8. The number of anilines is 2. The fourth-order valence-electron chi connectivity index (χ4n) is 5.27. The van der Waals surface area contributed by atoms with Gasteiger partial charge in [-0.25, -0.2) is 9.58 Å². The van der Waals surface area contributed by atoms with Crippen LogP contribution in [0.1, 0.15) is 42.5 Å². The van der Waals surface area contributed by atoms with Crippen molar-refractivity contribution in [2.45, 2.75) is 31.3 Å². The van der Waals surface area contributed by atoms with E-state index in [1.165, 1.54) is 4.90 Å². The van der Waals surface area contributed by atoms with Crippen LogP contribution >= 0.6 is 0 Å². The first-order valence-corrected chi connectivity index (χ1v) is 11.6. The summed E-state index contributed by atoms with van der Waals surface area (Å²) in [5.74, 6) is 0.427. The van der Waals surface area contributed by atoms with Crippen LogP contribution in [0.5, 0.6) is 5.75 Å². The number of amides is 2. The van der Waals surface area contributed by atoms with Gasteiger partial charge in [-0.15, -0.1) is 5.10 Å². The van der Waals surface area contributed by atoms with Crippen LogP contribution in [0.4, 0.5) is 11.9 Å². The maximum atomic E-state index is 13.1. The molecule has 2 aliphatic heterocycles. The van der Waals surface area contributed by atoms with Crippen molar-refractivity contribution in [3.05, 3.63) is 77.9 Å². The highest BCUT2D eigenvalue weighted by molar-refractivity contribution is 6.21. The minimum Gasteiger partial charge on any atom is -0.497 e. The van der Waals surface area contributed by atoms with Crippen LogP contribution in [0.2, 0.25) is 0 Å². The third-order valence-corrected chi connectivity index (χ3v) is 7.09. The summed E-state index contributed by atoms with van der Waals surface area (Å²) in [5, 5.41) is 8.17. The van der Waals surface area contributed by atoms with E-state index in [1.807, 2.05) is 54.6 Å². The molecule has 1 N–H and O–H groups in total. The zero-order valence-corrected chi connectivity index (χ0v) is 18.8. The summed E-state index contributed by atoms with van der Waals surface area (Å²) in [5.41, 5.74) is 2.19. The normalized spacial score (nSPS) is 25.6. The van der Waals surface area contributed by atoms with Crippen LogP contribution in [0.15, 0.2) is 66.7 Å². The van der Waals surface area contributed by atoms with Gasteiger partial charge in [-0.05, 0) is 42.5 Å². The largest absolute Gasteiger partial charge is 0.497 e. The monoisotopic (exact) mass is 455 g/mol. The first kappa shape index (κ1) is 20.7. The van der Waals surface area contributed by atoms with E-state index in [-0.39, 0.29) is 41.7 Å². The van der Waals surface area contributed by atoms with Gasteiger partial charge in [-0.1, -0.05) is 54.6 Å². The van der Waals surface area contributed by atoms with Crippen LogP contribution in [-0.2, 0) is 9.59 Å². The number of methoxy groups -OCH3 is 1. The number of aromatic nitrogens is 3. The van der Waals surface area contributed by atoms with Gasteiger partial charge in [0.05, 0.1) is 31.0 Å². The SMILES string of the molecule is COc1ccc([C@H]2C[C@@H](c3ccccc3)Nc3nc(N4C(=O)[C@H]5CC=CC[C@H]5C4=O)nn32)cc1. The van der Waals surface area contributed by atoms with Gasteiger partial charge in [0.25, 0.3) is 5.95 Å². The molecule has 1 fully saturated rings. The molecule has 1 aliphatic carbocycles. The molecule has 0 bridgehead atoms. The third-order valence-electron chi connectivity index (χ3n) is 7.09. The molecule has 1 aromatic heterocycles. The van der Waals surface area contributed by atoms with Gasteiger partial charge in [0, 0.05) is 0 Å². The van der Waals surface area contributed by atoms with Crippen molar-refractivity contribution in [1.29, 1.82) is 0 Å². The molecule has 2 aromatic carbocycles. The number of carbonyl (C=O) groups excluding carboxylic acids is 2. The van der Waals surface area contributed by atoms with Gasteiger partial charge in [0.2, 0.25) is 17.8 Å². The predicted molar refractivity (Wildman–Crippen MR) is 126 cm³/mol. The van der Waals surface area contributed by atoms with Crippen molar-refractivity contribution in [2.75, 3.05) is 17.3 Å². The van der Waals surface area contributed by atoms with E-state index in [2.05, 4.69) is 22.4 Å². The number of rotatable bonds is 4. The minimum absolute atomic E-state index is 0.00890. The van der Waals surface area contributed by atoms with Crippen LogP contribution in [-0.4, -0.2) is 33.7 Å². The molecule has 34 heavy (non-hydrogen) atoms. The second-order valence-electron chi connectivity index (χ2n) is 8.98. The number of ether oxygens (including phenoxy) is 1. The highest BCUT2D eigenvalue weighted by Gasteiger charge is 2.49. The molecule has 2 amide bonds. The standard InChI is InChI=1S/C26H25N5O3/c1-34-18-13-11-17(12-14-18)22-15-21(16-7-3-2-4-8-16)27-25-28-26(29-31(22)25)30-23(32)19-9-5-6-10-20(19)24(30)33/h2-8,11-14,19-22H,9-10,15H2,1H3,(H,27,28,29)/t19-,20+,21-,22+/m0/s1. The summed E-state index contributed by atoms with van der Waals surface area (Å²) in [6.07, 6.45) is 5.87. The van der Waals surface area contributed by atoms with Gasteiger partial charge < -0.3 is 10.1 Å². The molecule has 0 unspecified atom stereocenters. The number of hydrogen-bond donors (Lipinski definition) is 1. The van der Waals surface area contributed by atoms with Crippen LogP contribution < -0.4 is 15.0 Å². The average molecular weight is 456 g/mol. The molecular weight excluding hydrogens is 430 g/mol. The molecule has 172 valence electrons. The predicted octanol–water partition coefficient (Wildman–Crippen LogP) is 3.89. The smallest absolute Gasteiger partial charge is 0.260 e. The first-order valence-electron chi connectivity index (χ1n) is 11.6. The molecule has 0 radical (unpaired) electrons. The number of nitrogens with one attached hydrogen (secondary N) is 1. The Morgan fingerprint density at radius 2 is 1.59 bits per heavy atom. The highest BCUT2D eigenvalue weighted by Crippen LogP contribution is 2.41. The number of imide groups is 1. The molecule has 3 aromatic rings. The molecule has 4 atom stereocenters. The Labute approximate surface area is 197 Å². The Bertz CT molecular complexity index is 1240. The van der Waals surface area contributed by atoms with Gasteiger partial charge in [-0.3, -0.25) is 9.59 Å². The van der Waals surface area contributed by atoms with Crippen molar-refractivity contribution in [3.8, 4) is 5.75 Å². The van der Waals surface area contributed by atoms with Crippen LogP contribution in [0.25, 0.3) is 0 Å². The van der Waals surface area contributed by atoms with Gasteiger partial charge in [-0.2, -0.15) is 4.98 Å². The highest BCUT2D eigenvalue weighted by atomic mass is 16.5. The van der Waals surface area contributed by atoms with E-state index < -0.39 is 0 Å². The molecule has 3 heterocycles. The van der Waals surface area contributed by atoms with E-state index in [4.69, 9.17) is 9.84 Å². The fourth-order valence-corrected chi connectivity index (χ4v) is 5.27. The quantitative estimate of drug-likeness (QED) is 0.474. The molecule has 8 nitrogen and oxygen atoms in total. The van der Waals surface area contributed by atoms with E-state index >= 15 is 0 Å². The van der Waals surface area contributed by atoms with Crippen molar-refractivity contribution in [3.63, 3.8) is 0 Å². The van der Waals surface area contributed by atoms with E-state index in [0.29, 0.717) is 18.8 Å². The second-order valence-corrected chi connectivity index (χ2v) is 8.98. The van der Waals surface area contributed by atoms with Crippen LogP contribution in [0.3, 0.4) is 0 Å². The van der Waals surface area contributed by atoms with Gasteiger partial charge in [0.15, 0.2) is 0 Å². The molecule has 0 saturated carbocycles. The van der Waals surface area contributed by atoms with E-state index in [9.17, 15) is 9.59 Å². The number of allylic oxidation sites excluding steroid dienone is 2. The molecular formula is C26H25N5O3. The average Bonchev–Trinajstić information content (AvgIpc) is 3.42. The Hall–Kier alpha value is -3.94. The summed E-state index contributed by atoms with van der Waals surface area (Å²) in [4.78, 5) is 32.1. The second kappa shape index (κ2) is 8.13. The fraction of sp³-hybridized carbons (Fsp3) is 0.308. The number of hydrogen-bond acceptors (Lipinski definition) is 6. The Kier molecular flexibility index (Phi) is 4.94. The summed E-state index contributed by atoms with van der Waals surface area (Å²) >= 11 is 0. The Balaban J connectivity index is 1.40. The zero-order chi connectivity index (χ0) is 23.2. The number of fused-ring (bicyclic) bond motifs is 2. The summed E-state index contributed by atoms with van der Waals surface area (Å²) < 4.78 is 7.13. The number of carbonyl (C=O) groups is 2. The van der Waals surface area contributed by atoms with Crippen molar-refractivity contribution < 1.29 is 14.3 Å². The lowest BCUT2D eigenvalue weighted by molar-refractivity contribution is -0.122. The summed E-state index contributed by atoms with van der Waals surface area (Å²) in [6.45, 7) is 0. The van der Waals surface area contributed by atoms with Gasteiger partial charge in [0.1, 0.15) is 5.75 Å². The Morgan fingerprint density at radius 1 is 0.912 bits per heavy atom. The maximum Gasteiger partial charge on any atom is 0.260 e. The summed E-state index contributed by atoms with van der Waals surface area (Å²) in [6, 6.07) is 18.0. The van der Waals surface area contributed by atoms with Crippen molar-refractivity contribution in [2.24, 2.45) is 11.8 Å². The lowest BCUT2D eigenvalue weighted by Gasteiger charge is -2.31. The molecule has 8 heteroatoms. The third kappa shape index (κ3) is 3.29. The molecule has 3 aliphatic rings. The first-order chi connectivity index (χ1) is 16.6. The number of nitrogens with zero attached hydrogens (tertiary/aromatic N) is 4. The van der Waals surface area contributed by atoms with E-state index in [0.717, 1.165) is 23.3 Å². The van der Waals surface area contributed by atoms with E-state index in [1.54, 1.807) is 11.8 Å². The maximum absolute atomic E-state index is 13.1. The number of benzene rings is 2. The minimum atomic E-state index is -0.319. The van der Waals surface area contributed by atoms with Crippen molar-refractivity contribution >= 4 is 23.7 Å². The van der Waals surface area contributed by atoms with Gasteiger partial charge >= 0.3 is 0 Å². The lowest BCUT2D eigenvalue weighted by atomic mass is 9.85. The van der Waals surface area contributed by atoms with Crippen molar-refractivity contribution in [1.82, 2.24) is 14.8 Å². The topological polar surface area (TPSA) is 89.3 Å². The van der Waals surface area contributed by atoms with Crippen LogP contribution in [0, 0.1) is 11.8 Å². The Morgan fingerprint density at radius 3 is 2.24 bits per heavy atom. The molecule has 6 rings (SSSR count). The molecule has 1 saturated heterocycles.